The lowest BCUT2D eigenvalue weighted by Crippen LogP contribution is -2.51. The van der Waals surface area contributed by atoms with Crippen molar-refractivity contribution < 1.29 is 18.0 Å². The number of likely N-dealkylation sites (N-methyl/N-ethyl adjacent to an activating group) is 1. The smallest absolute Gasteiger partial charge is 0.311 e. The Morgan fingerprint density at radius 1 is 1.38 bits per heavy atom. The summed E-state index contributed by atoms with van der Waals surface area (Å²) in [5, 5.41) is 3.08. The van der Waals surface area contributed by atoms with Gasteiger partial charge < -0.3 is 10.2 Å². The lowest BCUT2D eigenvalue weighted by Gasteiger charge is -2.33. The SMILES string of the molecule is CCNC1CCCN(c2cc(C(F)(F)F)ccc2C)C1=O. The molecule has 1 fully saturated rings. The number of anilines is 1. The number of carbonyl (C=O) groups excluding carboxylic acids is 1. The molecule has 1 unspecified atom stereocenters. The molecule has 0 bridgehead atoms. The minimum Gasteiger partial charge on any atom is -0.311 e. The third-order valence-electron chi connectivity index (χ3n) is 3.72. The van der Waals surface area contributed by atoms with E-state index < -0.39 is 11.7 Å². The van der Waals surface area contributed by atoms with Crippen molar-refractivity contribution in [3.63, 3.8) is 0 Å². The van der Waals surface area contributed by atoms with Crippen LogP contribution in [0.3, 0.4) is 0 Å². The largest absolute Gasteiger partial charge is 0.416 e. The van der Waals surface area contributed by atoms with E-state index in [1.807, 2.05) is 6.92 Å². The molecule has 1 aliphatic heterocycles. The van der Waals surface area contributed by atoms with E-state index in [4.69, 9.17) is 0 Å². The lowest BCUT2D eigenvalue weighted by molar-refractivity contribution is -0.137. The molecule has 0 aliphatic carbocycles. The second kappa shape index (κ2) is 6.05. The molecule has 6 heteroatoms. The van der Waals surface area contributed by atoms with Gasteiger partial charge in [-0.05, 0) is 44.0 Å². The van der Waals surface area contributed by atoms with E-state index in [1.54, 1.807) is 6.92 Å². The maximum absolute atomic E-state index is 12.8. The summed E-state index contributed by atoms with van der Waals surface area (Å²) >= 11 is 0. The number of carbonyl (C=O) groups is 1. The standard InChI is InChI=1S/C15H19F3N2O/c1-3-19-12-5-4-8-20(14(12)21)13-9-11(15(16,17)18)7-6-10(13)2/h6-7,9,12,19H,3-5,8H2,1-2H3. The summed E-state index contributed by atoms with van der Waals surface area (Å²) in [6.07, 6.45) is -2.90. The number of nitrogens with one attached hydrogen (secondary N) is 1. The zero-order valence-electron chi connectivity index (χ0n) is 12.1. The summed E-state index contributed by atoms with van der Waals surface area (Å²) in [7, 11) is 0. The van der Waals surface area contributed by atoms with Crippen molar-refractivity contribution in [2.45, 2.75) is 38.9 Å². The zero-order chi connectivity index (χ0) is 15.6. The molecule has 116 valence electrons. The molecule has 21 heavy (non-hydrogen) atoms. The van der Waals surface area contributed by atoms with E-state index in [0.717, 1.165) is 25.0 Å². The van der Waals surface area contributed by atoms with E-state index >= 15 is 0 Å². The van der Waals surface area contributed by atoms with Crippen molar-refractivity contribution in [2.75, 3.05) is 18.0 Å². The molecule has 1 heterocycles. The Hall–Kier alpha value is -1.56. The van der Waals surface area contributed by atoms with Gasteiger partial charge in [-0.2, -0.15) is 13.2 Å². The van der Waals surface area contributed by atoms with E-state index in [1.165, 1.54) is 11.0 Å². The maximum atomic E-state index is 12.8. The molecule has 1 aromatic carbocycles. The van der Waals surface area contributed by atoms with Gasteiger partial charge in [0, 0.05) is 12.2 Å². The van der Waals surface area contributed by atoms with Crippen molar-refractivity contribution in [2.24, 2.45) is 0 Å². The minimum absolute atomic E-state index is 0.148. The van der Waals surface area contributed by atoms with Crippen LogP contribution in [0, 0.1) is 6.92 Å². The molecule has 1 atom stereocenters. The molecular formula is C15H19F3N2O. The highest BCUT2D eigenvalue weighted by Gasteiger charge is 2.34. The van der Waals surface area contributed by atoms with E-state index in [-0.39, 0.29) is 11.9 Å². The quantitative estimate of drug-likeness (QED) is 0.930. The van der Waals surface area contributed by atoms with Gasteiger partial charge in [0.1, 0.15) is 0 Å². The van der Waals surface area contributed by atoms with Crippen LogP contribution in [0.4, 0.5) is 18.9 Å². The fraction of sp³-hybridized carbons (Fsp3) is 0.533. The number of amides is 1. The molecule has 3 nitrogen and oxygen atoms in total. The fourth-order valence-corrected chi connectivity index (χ4v) is 2.63. The Bertz CT molecular complexity index is 526. The van der Waals surface area contributed by atoms with Crippen molar-refractivity contribution in [1.29, 1.82) is 0 Å². The second-order valence-corrected chi connectivity index (χ2v) is 5.24. The molecule has 1 amide bonds. The summed E-state index contributed by atoms with van der Waals surface area (Å²) in [6.45, 7) is 4.75. The number of piperidine rings is 1. The zero-order valence-corrected chi connectivity index (χ0v) is 12.1. The number of hydrogen-bond acceptors (Lipinski definition) is 2. The number of halogens is 3. The summed E-state index contributed by atoms with van der Waals surface area (Å²) in [6, 6.07) is 3.23. The number of aryl methyl sites for hydroxylation is 1. The number of benzene rings is 1. The van der Waals surface area contributed by atoms with Crippen LogP contribution >= 0.6 is 0 Å². The summed E-state index contributed by atoms with van der Waals surface area (Å²) in [5.41, 5.74) is 0.312. The molecule has 1 aliphatic rings. The second-order valence-electron chi connectivity index (χ2n) is 5.24. The van der Waals surface area contributed by atoms with Crippen LogP contribution in [0.2, 0.25) is 0 Å². The summed E-state index contributed by atoms with van der Waals surface area (Å²) in [4.78, 5) is 13.9. The Balaban J connectivity index is 2.34. The molecule has 0 radical (unpaired) electrons. The molecule has 0 aromatic heterocycles. The number of rotatable bonds is 3. The Morgan fingerprint density at radius 3 is 2.71 bits per heavy atom. The highest BCUT2D eigenvalue weighted by molar-refractivity contribution is 5.98. The first kappa shape index (κ1) is 15.8. The average molecular weight is 300 g/mol. The molecular weight excluding hydrogens is 281 g/mol. The van der Waals surface area contributed by atoms with Crippen LogP contribution in [0.5, 0.6) is 0 Å². The predicted molar refractivity (Wildman–Crippen MR) is 75.2 cm³/mol. The van der Waals surface area contributed by atoms with Gasteiger partial charge in [-0.3, -0.25) is 4.79 Å². The van der Waals surface area contributed by atoms with Crippen LogP contribution in [0.25, 0.3) is 0 Å². The van der Waals surface area contributed by atoms with Gasteiger partial charge in [0.15, 0.2) is 0 Å². The van der Waals surface area contributed by atoms with Gasteiger partial charge >= 0.3 is 6.18 Å². The van der Waals surface area contributed by atoms with Gasteiger partial charge in [0.25, 0.3) is 0 Å². The van der Waals surface area contributed by atoms with Gasteiger partial charge in [-0.1, -0.05) is 13.0 Å². The first-order chi connectivity index (χ1) is 9.84. The van der Waals surface area contributed by atoms with Crippen LogP contribution in [0.15, 0.2) is 18.2 Å². The first-order valence-corrected chi connectivity index (χ1v) is 7.07. The van der Waals surface area contributed by atoms with Crippen LogP contribution < -0.4 is 10.2 Å². The van der Waals surface area contributed by atoms with Crippen LogP contribution in [0.1, 0.15) is 30.9 Å². The number of hydrogen-bond donors (Lipinski definition) is 1. The fourth-order valence-electron chi connectivity index (χ4n) is 2.63. The van der Waals surface area contributed by atoms with Crippen molar-refractivity contribution in [3.05, 3.63) is 29.3 Å². The van der Waals surface area contributed by atoms with Gasteiger partial charge in [0.05, 0.1) is 11.6 Å². The Labute approximate surface area is 122 Å². The third-order valence-corrected chi connectivity index (χ3v) is 3.72. The topological polar surface area (TPSA) is 32.3 Å². The van der Waals surface area contributed by atoms with Gasteiger partial charge in [0.2, 0.25) is 5.91 Å². The molecule has 1 N–H and O–H groups in total. The minimum atomic E-state index is -4.40. The van der Waals surface area contributed by atoms with Gasteiger partial charge in [-0.25, -0.2) is 0 Å². The van der Waals surface area contributed by atoms with E-state index in [2.05, 4.69) is 5.32 Å². The molecule has 2 rings (SSSR count). The van der Waals surface area contributed by atoms with Crippen molar-refractivity contribution in [1.82, 2.24) is 5.32 Å². The lowest BCUT2D eigenvalue weighted by atomic mass is 10.0. The predicted octanol–water partition coefficient (Wildman–Crippen LogP) is 3.12. The normalized spacial score (nSPS) is 20.0. The van der Waals surface area contributed by atoms with Crippen LogP contribution in [-0.2, 0) is 11.0 Å². The van der Waals surface area contributed by atoms with E-state index in [0.29, 0.717) is 24.3 Å². The number of nitrogens with zero attached hydrogens (tertiary/aromatic N) is 1. The van der Waals surface area contributed by atoms with Crippen molar-refractivity contribution in [3.8, 4) is 0 Å². The highest BCUT2D eigenvalue weighted by atomic mass is 19.4. The molecule has 0 spiro atoms. The number of alkyl halides is 3. The maximum Gasteiger partial charge on any atom is 0.416 e. The Morgan fingerprint density at radius 2 is 2.10 bits per heavy atom. The van der Waals surface area contributed by atoms with E-state index in [9.17, 15) is 18.0 Å². The van der Waals surface area contributed by atoms with Crippen molar-refractivity contribution >= 4 is 11.6 Å². The monoisotopic (exact) mass is 300 g/mol. The molecule has 1 saturated heterocycles. The summed E-state index contributed by atoms with van der Waals surface area (Å²) < 4.78 is 38.5. The average Bonchev–Trinajstić information content (AvgIpc) is 2.41. The van der Waals surface area contributed by atoms with Gasteiger partial charge in [-0.15, -0.1) is 0 Å². The molecule has 1 aromatic rings. The highest BCUT2D eigenvalue weighted by Crippen LogP contribution is 2.34. The Kier molecular flexibility index (Phi) is 4.56. The first-order valence-electron chi connectivity index (χ1n) is 7.07. The van der Waals surface area contributed by atoms with Crippen LogP contribution in [-0.4, -0.2) is 25.0 Å². The molecule has 0 saturated carbocycles. The summed E-state index contributed by atoms with van der Waals surface area (Å²) in [5.74, 6) is -0.148. The third kappa shape index (κ3) is 3.37.